The zero-order valence-electron chi connectivity index (χ0n) is 13.2. The molecule has 0 aromatic heterocycles. The smallest absolute Gasteiger partial charge is 0.321 e. The average Bonchev–Trinajstić information content (AvgIpc) is 2.51. The number of hydrogen-bond donors (Lipinski definition) is 0. The predicted molar refractivity (Wildman–Crippen MR) is 75.3 cm³/mol. The molecule has 0 saturated carbocycles. The first kappa shape index (κ1) is 16.2. The Hall–Kier alpha value is -0.810. The van der Waals surface area contributed by atoms with E-state index in [9.17, 15) is 4.79 Å². The maximum Gasteiger partial charge on any atom is 0.321 e. The van der Waals surface area contributed by atoms with Crippen LogP contribution in [0.4, 0.5) is 4.79 Å². The Morgan fingerprint density at radius 1 is 1.00 bits per heavy atom. The van der Waals surface area contributed by atoms with Gasteiger partial charge >= 0.3 is 6.03 Å². The number of nitrogens with zero attached hydrogens (tertiary/aromatic N) is 2. The van der Waals surface area contributed by atoms with E-state index in [4.69, 9.17) is 9.47 Å². The third-order valence-electron chi connectivity index (χ3n) is 4.78. The molecule has 0 bridgehead atoms. The lowest BCUT2D eigenvalue weighted by molar-refractivity contribution is 0.0609. The number of carbonyl (C=O) groups excluding carboxylic acids is 1. The van der Waals surface area contributed by atoms with Gasteiger partial charge in [-0.15, -0.1) is 0 Å². The highest BCUT2D eigenvalue weighted by atomic mass is 16.5. The van der Waals surface area contributed by atoms with Crippen LogP contribution in [0.15, 0.2) is 0 Å². The summed E-state index contributed by atoms with van der Waals surface area (Å²) in [7, 11) is 3.33. The number of ether oxygens (including phenoxy) is 2. The first-order valence-electron chi connectivity index (χ1n) is 6.94. The van der Waals surface area contributed by atoms with Gasteiger partial charge in [0.05, 0.1) is 24.3 Å². The molecule has 1 heterocycles. The average molecular weight is 272 g/mol. The molecule has 1 aliphatic rings. The third kappa shape index (κ3) is 2.58. The van der Waals surface area contributed by atoms with Crippen LogP contribution < -0.4 is 0 Å². The van der Waals surface area contributed by atoms with Gasteiger partial charge in [0.25, 0.3) is 0 Å². The van der Waals surface area contributed by atoms with Crippen LogP contribution in [0.5, 0.6) is 0 Å². The Labute approximate surface area is 116 Å². The maximum absolute atomic E-state index is 12.6. The number of methoxy groups -OCH3 is 2. The van der Waals surface area contributed by atoms with Crippen LogP contribution in [0.25, 0.3) is 0 Å². The van der Waals surface area contributed by atoms with E-state index in [0.717, 1.165) is 6.42 Å². The van der Waals surface area contributed by atoms with Gasteiger partial charge in [0, 0.05) is 27.3 Å². The molecule has 0 aromatic rings. The van der Waals surface area contributed by atoms with Crippen molar-refractivity contribution >= 4 is 6.03 Å². The second kappa shape index (κ2) is 6.09. The van der Waals surface area contributed by atoms with Crippen molar-refractivity contribution < 1.29 is 14.3 Å². The molecule has 1 aliphatic heterocycles. The van der Waals surface area contributed by atoms with Crippen LogP contribution in [0, 0.1) is 0 Å². The largest absolute Gasteiger partial charge is 0.383 e. The summed E-state index contributed by atoms with van der Waals surface area (Å²) in [5.41, 5.74) is -0.401. The number of rotatable bonds is 7. The molecule has 2 amide bonds. The van der Waals surface area contributed by atoms with E-state index in [1.54, 1.807) is 14.2 Å². The van der Waals surface area contributed by atoms with Crippen molar-refractivity contribution in [1.82, 2.24) is 9.80 Å². The monoisotopic (exact) mass is 272 g/mol. The summed E-state index contributed by atoms with van der Waals surface area (Å²) in [6.07, 6.45) is 0.916. The quantitative estimate of drug-likeness (QED) is 0.711. The summed E-state index contributed by atoms with van der Waals surface area (Å²) in [5, 5.41) is 0. The minimum atomic E-state index is -0.217. The molecular weight excluding hydrogens is 244 g/mol. The van der Waals surface area contributed by atoms with Gasteiger partial charge in [-0.25, -0.2) is 4.79 Å². The lowest BCUT2D eigenvalue weighted by atomic mass is 9.78. The predicted octanol–water partition coefficient (Wildman–Crippen LogP) is 1.96. The van der Waals surface area contributed by atoms with Crippen molar-refractivity contribution in [1.29, 1.82) is 0 Å². The van der Waals surface area contributed by atoms with Crippen molar-refractivity contribution in [3.63, 3.8) is 0 Å². The molecule has 1 saturated heterocycles. The fourth-order valence-corrected chi connectivity index (χ4v) is 2.92. The Morgan fingerprint density at radius 3 is 1.89 bits per heavy atom. The summed E-state index contributed by atoms with van der Waals surface area (Å²) in [6.45, 7) is 11.0. The first-order chi connectivity index (χ1) is 8.86. The summed E-state index contributed by atoms with van der Waals surface area (Å²) in [6, 6.07) is 0.0865. The van der Waals surface area contributed by atoms with Crippen LogP contribution in [0.3, 0.4) is 0 Å². The van der Waals surface area contributed by atoms with Gasteiger partial charge in [0.2, 0.25) is 0 Å². The van der Waals surface area contributed by atoms with Gasteiger partial charge in [0.15, 0.2) is 0 Å². The molecule has 0 radical (unpaired) electrons. The van der Waals surface area contributed by atoms with Gasteiger partial charge < -0.3 is 19.3 Å². The molecule has 1 rings (SSSR count). The maximum atomic E-state index is 12.6. The number of urea groups is 1. The minimum absolute atomic E-state index is 0.0865. The topological polar surface area (TPSA) is 42.0 Å². The van der Waals surface area contributed by atoms with Gasteiger partial charge in [0.1, 0.15) is 0 Å². The molecule has 1 unspecified atom stereocenters. The van der Waals surface area contributed by atoms with Crippen LogP contribution in [-0.2, 0) is 9.47 Å². The van der Waals surface area contributed by atoms with Crippen LogP contribution in [-0.4, -0.2) is 67.4 Å². The Kier molecular flexibility index (Phi) is 5.21. The summed E-state index contributed by atoms with van der Waals surface area (Å²) < 4.78 is 10.3. The Balaban J connectivity index is 3.01. The fraction of sp³-hybridized carbons (Fsp3) is 0.929. The van der Waals surface area contributed by atoms with E-state index in [1.807, 2.05) is 9.80 Å². The van der Waals surface area contributed by atoms with Gasteiger partial charge in [-0.3, -0.25) is 0 Å². The zero-order valence-corrected chi connectivity index (χ0v) is 13.2. The molecule has 1 atom stereocenters. The van der Waals surface area contributed by atoms with E-state index in [-0.39, 0.29) is 17.1 Å². The van der Waals surface area contributed by atoms with Crippen LogP contribution >= 0.6 is 0 Å². The molecule has 0 aromatic carbocycles. The van der Waals surface area contributed by atoms with Crippen molar-refractivity contribution in [3.05, 3.63) is 0 Å². The van der Waals surface area contributed by atoms with E-state index >= 15 is 0 Å². The van der Waals surface area contributed by atoms with Crippen LogP contribution in [0.1, 0.15) is 34.1 Å². The van der Waals surface area contributed by atoms with Gasteiger partial charge in [-0.05, 0) is 27.2 Å². The Bertz CT molecular complexity index is 320. The van der Waals surface area contributed by atoms with Gasteiger partial charge in [-0.2, -0.15) is 0 Å². The normalized spacial score (nSPS) is 26.3. The van der Waals surface area contributed by atoms with E-state index < -0.39 is 0 Å². The number of amides is 2. The second-order valence-corrected chi connectivity index (χ2v) is 5.76. The molecule has 5 nitrogen and oxygen atoms in total. The first-order valence-corrected chi connectivity index (χ1v) is 6.94. The lowest BCUT2D eigenvalue weighted by Crippen LogP contribution is -2.56. The molecule has 0 spiro atoms. The summed E-state index contributed by atoms with van der Waals surface area (Å²) >= 11 is 0. The number of hydrogen-bond acceptors (Lipinski definition) is 3. The fourth-order valence-electron chi connectivity index (χ4n) is 2.92. The van der Waals surface area contributed by atoms with Crippen molar-refractivity contribution in [3.8, 4) is 0 Å². The summed E-state index contributed by atoms with van der Waals surface area (Å²) in [4.78, 5) is 16.5. The van der Waals surface area contributed by atoms with Crippen LogP contribution in [0.2, 0.25) is 0 Å². The minimum Gasteiger partial charge on any atom is -0.383 e. The van der Waals surface area contributed by atoms with E-state index in [2.05, 4.69) is 27.7 Å². The highest BCUT2D eigenvalue weighted by Gasteiger charge is 2.57. The highest BCUT2D eigenvalue weighted by molar-refractivity contribution is 5.80. The third-order valence-corrected chi connectivity index (χ3v) is 4.78. The van der Waals surface area contributed by atoms with E-state index in [0.29, 0.717) is 26.3 Å². The molecule has 0 N–H and O–H groups in total. The second-order valence-electron chi connectivity index (χ2n) is 5.76. The zero-order chi connectivity index (χ0) is 14.7. The highest BCUT2D eigenvalue weighted by Crippen LogP contribution is 2.43. The molecule has 112 valence electrons. The van der Waals surface area contributed by atoms with Crippen molar-refractivity contribution in [2.75, 3.05) is 40.5 Å². The van der Waals surface area contributed by atoms with Crippen molar-refractivity contribution in [2.45, 2.75) is 45.2 Å². The molecule has 19 heavy (non-hydrogen) atoms. The molecule has 0 aliphatic carbocycles. The van der Waals surface area contributed by atoms with Gasteiger partial charge in [-0.1, -0.05) is 6.92 Å². The SMILES string of the molecule is CCC1(C)N(CCOC)C(=O)N(CCOC)C1(C)C. The lowest BCUT2D eigenvalue weighted by Gasteiger charge is -2.44. The summed E-state index contributed by atoms with van der Waals surface area (Å²) in [5.74, 6) is 0. The Morgan fingerprint density at radius 2 is 1.47 bits per heavy atom. The molecule has 1 fully saturated rings. The molecular formula is C14H28N2O3. The van der Waals surface area contributed by atoms with Crippen molar-refractivity contribution in [2.24, 2.45) is 0 Å². The van der Waals surface area contributed by atoms with E-state index in [1.165, 1.54) is 0 Å². The molecule has 5 heteroatoms. The standard InChI is InChI=1S/C14H28N2O3/c1-7-14(4)13(2,3)15(8-10-18-5)12(17)16(14)9-11-19-6/h7-11H2,1-6H3. The number of carbonyl (C=O) groups is 1.